The van der Waals surface area contributed by atoms with Crippen molar-refractivity contribution in [2.45, 2.75) is 30.4 Å². The molecule has 0 heterocycles. The fourth-order valence-corrected chi connectivity index (χ4v) is 3.03. The lowest BCUT2D eigenvalue weighted by molar-refractivity contribution is -0.133. The van der Waals surface area contributed by atoms with Crippen molar-refractivity contribution in [1.82, 2.24) is 0 Å². The molecule has 0 N–H and O–H groups in total. The Hall–Kier alpha value is -2.58. The Morgan fingerprint density at radius 3 is 2.23 bits per heavy atom. The van der Waals surface area contributed by atoms with Gasteiger partial charge >= 0.3 is 5.97 Å². The van der Waals surface area contributed by atoms with Crippen LogP contribution in [0.15, 0.2) is 53.4 Å². The maximum atomic E-state index is 12.4. The summed E-state index contributed by atoms with van der Waals surface area (Å²) in [6, 6.07) is 14.6. The number of benzene rings is 2. The van der Waals surface area contributed by atoms with Gasteiger partial charge in [-0.1, -0.05) is 12.8 Å². The van der Waals surface area contributed by atoms with Crippen molar-refractivity contribution < 1.29 is 19.0 Å². The van der Waals surface area contributed by atoms with Crippen LogP contribution in [0.1, 0.15) is 20.3 Å². The van der Waals surface area contributed by atoms with Crippen molar-refractivity contribution in [3.63, 3.8) is 0 Å². The second kappa shape index (κ2) is 10.4. The molecule has 0 amide bonds. The van der Waals surface area contributed by atoms with Crippen LogP contribution in [-0.2, 0) is 4.79 Å². The van der Waals surface area contributed by atoms with Crippen LogP contribution in [0, 0.1) is 11.8 Å². The quantitative estimate of drug-likeness (QED) is 0.295. The first-order valence-electron chi connectivity index (χ1n) is 8.31. The average Bonchev–Trinajstić information content (AvgIpc) is 2.68. The lowest BCUT2D eigenvalue weighted by atomic mass is 10.3. The highest BCUT2D eigenvalue weighted by molar-refractivity contribution is 8.00. The van der Waals surface area contributed by atoms with E-state index in [1.165, 1.54) is 11.8 Å². The highest BCUT2D eigenvalue weighted by Crippen LogP contribution is 2.29. The maximum Gasteiger partial charge on any atom is 0.324 e. The molecule has 5 heteroatoms. The van der Waals surface area contributed by atoms with Crippen LogP contribution < -0.4 is 14.2 Å². The number of thioether (sulfide) groups is 1. The largest absolute Gasteiger partial charge is 0.497 e. The molecule has 0 bridgehead atoms. The minimum atomic E-state index is -0.283. The molecule has 0 aliphatic carbocycles. The number of hydrogen-bond donors (Lipinski definition) is 0. The molecule has 136 valence electrons. The van der Waals surface area contributed by atoms with Gasteiger partial charge in [-0.25, -0.2) is 0 Å². The molecule has 1 unspecified atom stereocenters. The molecule has 0 aromatic heterocycles. The number of rotatable bonds is 8. The van der Waals surface area contributed by atoms with Gasteiger partial charge in [-0.3, -0.25) is 4.79 Å². The zero-order chi connectivity index (χ0) is 18.8. The number of hydrogen-bond acceptors (Lipinski definition) is 5. The monoisotopic (exact) mass is 370 g/mol. The standard InChI is InChI=1S/C21H22O4S/c1-4-6-15-24-17-11-13-19(14-12-17)26-20(5-2)21(22)25-18-9-7-16(23-3)8-10-18/h7-14,20H,5,15H2,1-3H3. The number of esters is 1. The highest BCUT2D eigenvalue weighted by Gasteiger charge is 2.20. The minimum absolute atomic E-state index is 0.263. The van der Waals surface area contributed by atoms with Crippen molar-refractivity contribution in [3.05, 3.63) is 48.5 Å². The summed E-state index contributed by atoms with van der Waals surface area (Å²) in [5, 5.41) is -0.283. The zero-order valence-electron chi connectivity index (χ0n) is 15.2. The van der Waals surface area contributed by atoms with Crippen molar-refractivity contribution >= 4 is 17.7 Å². The molecule has 0 fully saturated rings. The van der Waals surface area contributed by atoms with Gasteiger partial charge in [0, 0.05) is 4.90 Å². The summed E-state index contributed by atoms with van der Waals surface area (Å²) >= 11 is 1.48. The van der Waals surface area contributed by atoms with Crippen molar-refractivity contribution in [3.8, 4) is 29.1 Å². The van der Waals surface area contributed by atoms with Gasteiger partial charge in [0.1, 0.15) is 29.1 Å². The second-order valence-corrected chi connectivity index (χ2v) is 6.57. The van der Waals surface area contributed by atoms with Gasteiger partial charge in [-0.05, 0) is 61.9 Å². The van der Waals surface area contributed by atoms with Crippen molar-refractivity contribution in [1.29, 1.82) is 0 Å². The molecule has 1 atom stereocenters. The predicted octanol–water partition coefficient (Wildman–Crippen LogP) is 4.57. The van der Waals surface area contributed by atoms with E-state index in [0.717, 1.165) is 16.4 Å². The van der Waals surface area contributed by atoms with Gasteiger partial charge in [0.15, 0.2) is 0 Å². The first-order valence-corrected chi connectivity index (χ1v) is 9.19. The topological polar surface area (TPSA) is 44.8 Å². The van der Waals surface area contributed by atoms with E-state index in [2.05, 4.69) is 11.8 Å². The predicted molar refractivity (Wildman–Crippen MR) is 104 cm³/mol. The van der Waals surface area contributed by atoms with Crippen molar-refractivity contribution in [2.75, 3.05) is 13.7 Å². The second-order valence-electron chi connectivity index (χ2n) is 5.30. The van der Waals surface area contributed by atoms with Crippen LogP contribution in [0.25, 0.3) is 0 Å². The molecule has 4 nitrogen and oxygen atoms in total. The normalized spacial score (nSPS) is 11.0. The third-order valence-corrected chi connectivity index (χ3v) is 4.86. The molecule has 0 saturated heterocycles. The lowest BCUT2D eigenvalue weighted by Crippen LogP contribution is -2.22. The molecule has 0 aliphatic heterocycles. The Labute approximate surface area is 158 Å². The maximum absolute atomic E-state index is 12.4. The molecular weight excluding hydrogens is 348 g/mol. The Kier molecular flexibility index (Phi) is 7.91. The minimum Gasteiger partial charge on any atom is -0.497 e. The Morgan fingerprint density at radius 2 is 1.65 bits per heavy atom. The highest BCUT2D eigenvalue weighted by atomic mass is 32.2. The molecule has 2 rings (SSSR count). The summed E-state index contributed by atoms with van der Waals surface area (Å²) in [5.74, 6) is 7.36. The molecule has 0 spiro atoms. The van der Waals surface area contributed by atoms with Crippen molar-refractivity contribution in [2.24, 2.45) is 0 Å². The van der Waals surface area contributed by atoms with E-state index in [4.69, 9.17) is 14.2 Å². The fraction of sp³-hybridized carbons (Fsp3) is 0.286. The van der Waals surface area contributed by atoms with E-state index in [1.807, 2.05) is 31.2 Å². The van der Waals surface area contributed by atoms with Crippen LogP contribution in [0.3, 0.4) is 0 Å². The summed E-state index contributed by atoms with van der Waals surface area (Å²) in [5.41, 5.74) is 0. The van der Waals surface area contributed by atoms with Gasteiger partial charge in [0.25, 0.3) is 0 Å². The van der Waals surface area contributed by atoms with Gasteiger partial charge in [0.2, 0.25) is 0 Å². The van der Waals surface area contributed by atoms with E-state index in [1.54, 1.807) is 38.3 Å². The molecule has 0 radical (unpaired) electrons. The van der Waals surface area contributed by atoms with Crippen LogP contribution >= 0.6 is 11.8 Å². The van der Waals surface area contributed by atoms with Gasteiger partial charge in [-0.2, -0.15) is 0 Å². The molecule has 26 heavy (non-hydrogen) atoms. The van der Waals surface area contributed by atoms with Gasteiger partial charge in [0.05, 0.1) is 7.11 Å². The molecule has 0 aliphatic rings. The SMILES string of the molecule is CC#CCOc1ccc(SC(CC)C(=O)Oc2ccc(OC)cc2)cc1. The van der Waals surface area contributed by atoms with E-state index >= 15 is 0 Å². The molecule has 2 aromatic carbocycles. The van der Waals surface area contributed by atoms with Crippen LogP contribution in [0.2, 0.25) is 0 Å². The Bertz CT molecular complexity index is 757. The summed E-state index contributed by atoms with van der Waals surface area (Å²) in [6.45, 7) is 4.11. The van der Waals surface area contributed by atoms with Crippen LogP contribution in [0.5, 0.6) is 17.2 Å². The molecular formula is C21H22O4S. The van der Waals surface area contributed by atoms with Crippen LogP contribution in [-0.4, -0.2) is 24.9 Å². The average molecular weight is 370 g/mol. The number of carbonyl (C=O) groups excluding carboxylic acids is 1. The number of carbonyl (C=O) groups is 1. The zero-order valence-corrected chi connectivity index (χ0v) is 16.0. The smallest absolute Gasteiger partial charge is 0.324 e. The molecule has 0 saturated carbocycles. The van der Waals surface area contributed by atoms with Gasteiger partial charge in [-0.15, -0.1) is 17.7 Å². The summed E-state index contributed by atoms with van der Waals surface area (Å²) < 4.78 is 16.1. The van der Waals surface area contributed by atoms with Gasteiger partial charge < -0.3 is 14.2 Å². The van der Waals surface area contributed by atoms with E-state index in [9.17, 15) is 4.79 Å². The molecule has 2 aromatic rings. The van der Waals surface area contributed by atoms with E-state index < -0.39 is 0 Å². The summed E-state index contributed by atoms with van der Waals surface area (Å²) in [7, 11) is 1.60. The summed E-state index contributed by atoms with van der Waals surface area (Å²) in [4.78, 5) is 13.4. The first kappa shape index (κ1) is 19.7. The lowest BCUT2D eigenvalue weighted by Gasteiger charge is -2.14. The third-order valence-electron chi connectivity index (χ3n) is 3.50. The fourth-order valence-electron chi connectivity index (χ4n) is 2.09. The summed E-state index contributed by atoms with van der Waals surface area (Å²) in [6.07, 6.45) is 0.671. The van der Waals surface area contributed by atoms with E-state index in [0.29, 0.717) is 18.8 Å². The first-order chi connectivity index (χ1) is 12.7. The Balaban J connectivity index is 1.94. The number of ether oxygens (including phenoxy) is 3. The third kappa shape index (κ3) is 6.05. The van der Waals surface area contributed by atoms with Crippen LogP contribution in [0.4, 0.5) is 0 Å². The Morgan fingerprint density at radius 1 is 1.04 bits per heavy atom. The number of methoxy groups -OCH3 is 1. The van der Waals surface area contributed by atoms with E-state index in [-0.39, 0.29) is 11.2 Å².